The quantitative estimate of drug-likeness (QED) is 0.381. The highest BCUT2D eigenvalue weighted by atomic mass is 16.5. The number of nitrogens with one attached hydrogen (secondary N) is 2. The number of rotatable bonds is 11. The molecule has 31 heavy (non-hydrogen) atoms. The van der Waals surface area contributed by atoms with Gasteiger partial charge in [-0.1, -0.05) is 54.5 Å². The fraction of sp³-hybridized carbons (Fsp3) is 0.792. The summed E-state index contributed by atoms with van der Waals surface area (Å²) in [6, 6.07) is -1.03. The van der Waals surface area contributed by atoms with Crippen LogP contribution in [0.25, 0.3) is 0 Å². The van der Waals surface area contributed by atoms with Crippen LogP contribution in [-0.4, -0.2) is 61.0 Å². The summed E-state index contributed by atoms with van der Waals surface area (Å²) in [5, 5.41) is 6.15. The van der Waals surface area contributed by atoms with Crippen LogP contribution in [0.5, 0.6) is 0 Å². The van der Waals surface area contributed by atoms with Crippen molar-refractivity contribution >= 4 is 17.8 Å². The number of amides is 2. The van der Waals surface area contributed by atoms with E-state index in [0.29, 0.717) is 25.0 Å². The first kappa shape index (κ1) is 29.1. The molecule has 180 valence electrons. The van der Waals surface area contributed by atoms with Crippen molar-refractivity contribution in [3.63, 3.8) is 0 Å². The Morgan fingerprint density at radius 3 is 1.94 bits per heavy atom. The van der Waals surface area contributed by atoms with Gasteiger partial charge in [-0.15, -0.1) is 0 Å². The van der Waals surface area contributed by atoms with Crippen LogP contribution < -0.4 is 10.6 Å². The van der Waals surface area contributed by atoms with Crippen molar-refractivity contribution in [2.75, 3.05) is 20.7 Å². The van der Waals surface area contributed by atoms with Gasteiger partial charge in [-0.25, -0.2) is 4.79 Å². The topological polar surface area (TPSA) is 87.7 Å². The van der Waals surface area contributed by atoms with Gasteiger partial charge in [0.1, 0.15) is 6.04 Å². The number of carbonyl (C=O) groups excluding carboxylic acids is 3. The predicted octanol–water partition coefficient (Wildman–Crippen LogP) is 3.29. The molecule has 0 aliphatic rings. The molecule has 2 amide bonds. The van der Waals surface area contributed by atoms with E-state index >= 15 is 0 Å². The lowest BCUT2D eigenvalue weighted by Gasteiger charge is -2.39. The fourth-order valence-corrected chi connectivity index (χ4v) is 3.63. The summed E-state index contributed by atoms with van der Waals surface area (Å²) in [4.78, 5) is 40.5. The maximum atomic E-state index is 13.6. The van der Waals surface area contributed by atoms with Gasteiger partial charge in [0.15, 0.2) is 0 Å². The van der Waals surface area contributed by atoms with E-state index in [1.54, 1.807) is 38.9 Å². The Bertz CT molecular complexity index is 637. The molecule has 0 saturated heterocycles. The van der Waals surface area contributed by atoms with Crippen LogP contribution in [0.15, 0.2) is 11.6 Å². The molecule has 7 nitrogen and oxygen atoms in total. The molecule has 0 aliphatic carbocycles. The molecule has 2 unspecified atom stereocenters. The fourth-order valence-electron chi connectivity index (χ4n) is 3.63. The van der Waals surface area contributed by atoms with E-state index in [-0.39, 0.29) is 29.7 Å². The second-order valence-corrected chi connectivity index (χ2v) is 9.57. The first-order valence-electron chi connectivity index (χ1n) is 11.3. The summed E-state index contributed by atoms with van der Waals surface area (Å²) in [5.41, 5.74) is -0.758. The normalized spacial score (nSPS) is 14.8. The van der Waals surface area contributed by atoms with E-state index in [2.05, 4.69) is 10.6 Å². The third-order valence-corrected chi connectivity index (χ3v) is 6.00. The Morgan fingerprint density at radius 1 is 1.06 bits per heavy atom. The number of likely N-dealkylation sites (N-methyl/N-ethyl adjacent to an activating group) is 2. The summed E-state index contributed by atoms with van der Waals surface area (Å²) in [6.07, 6.45) is 3.00. The Kier molecular flexibility index (Phi) is 11.5. The highest BCUT2D eigenvalue weighted by molar-refractivity contribution is 5.93. The molecule has 2 N–H and O–H groups in total. The second-order valence-electron chi connectivity index (χ2n) is 9.57. The van der Waals surface area contributed by atoms with Gasteiger partial charge in [-0.2, -0.15) is 0 Å². The molecule has 0 bridgehead atoms. The van der Waals surface area contributed by atoms with Gasteiger partial charge >= 0.3 is 5.97 Å². The zero-order valence-electron chi connectivity index (χ0n) is 21.5. The van der Waals surface area contributed by atoms with Crippen LogP contribution >= 0.6 is 0 Å². The summed E-state index contributed by atoms with van der Waals surface area (Å²) < 4.78 is 5.08. The van der Waals surface area contributed by atoms with Gasteiger partial charge in [-0.05, 0) is 45.1 Å². The molecule has 7 heteroatoms. The SMILES string of the molecule is CCOC(=O)/C(C)=C/C(C(C)C)N(C)C(=O)C(NC(=O)C(CC)(CC)NC)C(C)(C)C. The lowest BCUT2D eigenvalue weighted by molar-refractivity contribution is -0.142. The lowest BCUT2D eigenvalue weighted by atomic mass is 9.83. The molecule has 0 radical (unpaired) electrons. The molecule has 0 aliphatic heterocycles. The minimum atomic E-state index is -0.722. The summed E-state index contributed by atoms with van der Waals surface area (Å²) in [6.45, 7) is 17.5. The Morgan fingerprint density at radius 2 is 1.58 bits per heavy atom. The summed E-state index contributed by atoms with van der Waals surface area (Å²) in [5.74, 6) is -0.692. The predicted molar refractivity (Wildman–Crippen MR) is 126 cm³/mol. The smallest absolute Gasteiger partial charge is 0.333 e. The zero-order valence-corrected chi connectivity index (χ0v) is 21.5. The molecular weight excluding hydrogens is 394 g/mol. The summed E-state index contributed by atoms with van der Waals surface area (Å²) in [7, 11) is 3.49. The molecule has 0 aromatic heterocycles. The molecular formula is C24H45N3O4. The molecule has 0 spiro atoms. The minimum absolute atomic E-state index is 0.0670. The van der Waals surface area contributed by atoms with Crippen molar-refractivity contribution < 1.29 is 19.1 Å². The number of ether oxygens (including phenoxy) is 1. The number of nitrogens with zero attached hydrogens (tertiary/aromatic N) is 1. The van der Waals surface area contributed by atoms with Crippen molar-refractivity contribution in [2.24, 2.45) is 11.3 Å². The van der Waals surface area contributed by atoms with Gasteiger partial charge in [0.25, 0.3) is 0 Å². The first-order valence-corrected chi connectivity index (χ1v) is 11.3. The Hall–Kier alpha value is -1.89. The second kappa shape index (κ2) is 12.2. The van der Waals surface area contributed by atoms with E-state index in [1.807, 2.05) is 48.5 Å². The Labute approximate surface area is 189 Å². The van der Waals surface area contributed by atoms with E-state index in [9.17, 15) is 14.4 Å². The average molecular weight is 440 g/mol. The van der Waals surface area contributed by atoms with E-state index in [1.165, 1.54) is 0 Å². The van der Waals surface area contributed by atoms with Crippen LogP contribution in [0.1, 0.15) is 75.2 Å². The molecule has 0 heterocycles. The van der Waals surface area contributed by atoms with E-state index in [4.69, 9.17) is 4.74 Å². The van der Waals surface area contributed by atoms with E-state index < -0.39 is 17.0 Å². The molecule has 2 atom stereocenters. The molecule has 0 fully saturated rings. The monoisotopic (exact) mass is 439 g/mol. The maximum Gasteiger partial charge on any atom is 0.333 e. The number of hydrogen-bond donors (Lipinski definition) is 2. The van der Waals surface area contributed by atoms with Gasteiger partial charge in [-0.3, -0.25) is 9.59 Å². The van der Waals surface area contributed by atoms with E-state index in [0.717, 1.165) is 0 Å². The Balaban J connectivity index is 5.97. The molecule has 0 saturated carbocycles. The van der Waals surface area contributed by atoms with Crippen molar-refractivity contribution in [3.05, 3.63) is 11.6 Å². The molecule has 0 aromatic rings. The van der Waals surface area contributed by atoms with Crippen LogP contribution in [0, 0.1) is 11.3 Å². The van der Waals surface area contributed by atoms with Crippen LogP contribution in [0.4, 0.5) is 0 Å². The van der Waals surface area contributed by atoms with Gasteiger partial charge in [0.2, 0.25) is 11.8 Å². The van der Waals surface area contributed by atoms with Crippen molar-refractivity contribution in [1.82, 2.24) is 15.5 Å². The average Bonchev–Trinajstić information content (AvgIpc) is 2.69. The number of carbonyl (C=O) groups is 3. The largest absolute Gasteiger partial charge is 0.463 e. The van der Waals surface area contributed by atoms with Crippen molar-refractivity contribution in [2.45, 2.75) is 92.8 Å². The number of esters is 1. The van der Waals surface area contributed by atoms with Crippen LogP contribution in [-0.2, 0) is 19.1 Å². The number of hydrogen-bond acceptors (Lipinski definition) is 5. The molecule has 0 aromatic carbocycles. The highest BCUT2D eigenvalue weighted by Gasteiger charge is 2.41. The highest BCUT2D eigenvalue weighted by Crippen LogP contribution is 2.25. The standard InChI is InChI=1S/C24H45N3O4/c1-12-24(13-2,25-10)22(30)26-19(23(7,8)9)20(28)27(11)18(16(4)5)15-17(6)21(29)31-14-3/h15-16,18-19,25H,12-14H2,1-11H3,(H,26,30)/b17-15+. The zero-order chi connectivity index (χ0) is 24.6. The van der Waals surface area contributed by atoms with Crippen molar-refractivity contribution in [3.8, 4) is 0 Å². The summed E-state index contributed by atoms with van der Waals surface area (Å²) >= 11 is 0. The minimum Gasteiger partial charge on any atom is -0.463 e. The van der Waals surface area contributed by atoms with Crippen LogP contribution in [0.3, 0.4) is 0 Å². The van der Waals surface area contributed by atoms with Gasteiger partial charge in [0, 0.05) is 12.6 Å². The first-order chi connectivity index (χ1) is 14.2. The van der Waals surface area contributed by atoms with Gasteiger partial charge < -0.3 is 20.3 Å². The lowest BCUT2D eigenvalue weighted by Crippen LogP contribution is -2.62. The third-order valence-electron chi connectivity index (χ3n) is 6.00. The van der Waals surface area contributed by atoms with Crippen LogP contribution in [0.2, 0.25) is 0 Å². The maximum absolute atomic E-state index is 13.6. The molecule has 0 rings (SSSR count). The van der Waals surface area contributed by atoms with Gasteiger partial charge in [0.05, 0.1) is 18.2 Å². The third kappa shape index (κ3) is 7.63. The van der Waals surface area contributed by atoms with Crippen molar-refractivity contribution in [1.29, 1.82) is 0 Å².